The molecular weight excluding hydrogens is 375 g/mol. The monoisotopic (exact) mass is 386 g/mol. The Morgan fingerprint density at radius 1 is 1.41 bits per heavy atom. The zero-order valence-corrected chi connectivity index (χ0v) is 14.7. The number of nitrogens with zero attached hydrogens (tertiary/aromatic N) is 3. The number of rotatable bonds is 3. The minimum Gasteiger partial charge on any atom is -0.465 e. The van der Waals surface area contributed by atoms with Gasteiger partial charge in [0.1, 0.15) is 17.2 Å². The molecule has 0 spiro atoms. The molecule has 9 heteroatoms. The molecule has 3 aromatic rings. The highest BCUT2D eigenvalue weighted by atomic mass is 35.5. The van der Waals surface area contributed by atoms with Crippen LogP contribution in [0, 0.1) is 17.1 Å². The summed E-state index contributed by atoms with van der Waals surface area (Å²) in [6.45, 7) is 1.47. The van der Waals surface area contributed by atoms with Gasteiger partial charge in [-0.2, -0.15) is 5.26 Å². The molecule has 27 heavy (non-hydrogen) atoms. The van der Waals surface area contributed by atoms with E-state index in [2.05, 4.69) is 10.3 Å². The van der Waals surface area contributed by atoms with Gasteiger partial charge in [-0.1, -0.05) is 17.7 Å². The summed E-state index contributed by atoms with van der Waals surface area (Å²) in [4.78, 5) is 28.3. The molecule has 2 aromatic carbocycles. The minimum atomic E-state index is -1.33. The molecule has 1 heterocycles. The van der Waals surface area contributed by atoms with Gasteiger partial charge in [-0.25, -0.2) is 14.2 Å². The Balaban J connectivity index is 2.43. The summed E-state index contributed by atoms with van der Waals surface area (Å²) >= 11 is 6.09. The first-order valence-electron chi connectivity index (χ1n) is 7.74. The van der Waals surface area contributed by atoms with E-state index in [0.29, 0.717) is 0 Å². The SMILES string of the molecule is CC(NC(=O)O)c1nc2c(F)ccc(Cl)c2c(=O)n1-c1cccc(C#N)c1. The summed E-state index contributed by atoms with van der Waals surface area (Å²) in [6.07, 6.45) is -1.33. The molecule has 0 radical (unpaired) electrons. The van der Waals surface area contributed by atoms with E-state index in [1.165, 1.54) is 19.1 Å². The van der Waals surface area contributed by atoms with Gasteiger partial charge in [0.15, 0.2) is 0 Å². The fourth-order valence-corrected chi connectivity index (χ4v) is 2.97. The van der Waals surface area contributed by atoms with Gasteiger partial charge in [-0.3, -0.25) is 9.36 Å². The zero-order valence-electron chi connectivity index (χ0n) is 13.9. The van der Waals surface area contributed by atoms with Crippen LogP contribution < -0.4 is 10.9 Å². The Labute approximate surface area is 157 Å². The molecule has 0 saturated carbocycles. The Morgan fingerprint density at radius 3 is 2.81 bits per heavy atom. The average molecular weight is 387 g/mol. The van der Waals surface area contributed by atoms with E-state index < -0.39 is 23.5 Å². The maximum absolute atomic E-state index is 14.3. The van der Waals surface area contributed by atoms with Crippen LogP contribution in [-0.2, 0) is 0 Å². The Bertz CT molecular complexity index is 1170. The molecule has 0 aliphatic rings. The van der Waals surface area contributed by atoms with Crippen LogP contribution in [0.2, 0.25) is 5.02 Å². The van der Waals surface area contributed by atoms with Gasteiger partial charge in [0.05, 0.1) is 33.8 Å². The van der Waals surface area contributed by atoms with Crippen molar-refractivity contribution in [1.29, 1.82) is 5.26 Å². The third kappa shape index (κ3) is 3.32. The van der Waals surface area contributed by atoms with Crippen LogP contribution >= 0.6 is 11.6 Å². The zero-order chi connectivity index (χ0) is 19.7. The number of hydrogen-bond acceptors (Lipinski definition) is 4. The fourth-order valence-electron chi connectivity index (χ4n) is 2.74. The first-order valence-corrected chi connectivity index (χ1v) is 8.12. The van der Waals surface area contributed by atoms with Crippen molar-refractivity contribution in [2.45, 2.75) is 13.0 Å². The second-order valence-corrected chi connectivity index (χ2v) is 6.10. The van der Waals surface area contributed by atoms with Gasteiger partial charge in [-0.15, -0.1) is 0 Å². The first-order chi connectivity index (χ1) is 12.8. The van der Waals surface area contributed by atoms with Crippen LogP contribution in [0.15, 0.2) is 41.2 Å². The smallest absolute Gasteiger partial charge is 0.405 e. The van der Waals surface area contributed by atoms with Gasteiger partial charge in [0, 0.05) is 0 Å². The van der Waals surface area contributed by atoms with Crippen molar-refractivity contribution in [3.05, 3.63) is 69.0 Å². The molecular formula is C18H12ClFN4O3. The van der Waals surface area contributed by atoms with Crippen molar-refractivity contribution < 1.29 is 14.3 Å². The molecule has 3 rings (SSSR count). The minimum absolute atomic E-state index is 0.0134. The highest BCUT2D eigenvalue weighted by molar-refractivity contribution is 6.35. The normalized spacial score (nSPS) is 11.8. The van der Waals surface area contributed by atoms with E-state index in [9.17, 15) is 14.0 Å². The number of carbonyl (C=O) groups is 1. The summed E-state index contributed by atoms with van der Waals surface area (Å²) in [5.41, 5.74) is -0.361. The quantitative estimate of drug-likeness (QED) is 0.717. The van der Waals surface area contributed by atoms with E-state index >= 15 is 0 Å². The lowest BCUT2D eigenvalue weighted by Crippen LogP contribution is -2.32. The second kappa shape index (κ2) is 7.05. The van der Waals surface area contributed by atoms with E-state index in [1.807, 2.05) is 6.07 Å². The van der Waals surface area contributed by atoms with Gasteiger partial charge < -0.3 is 10.4 Å². The number of amides is 1. The average Bonchev–Trinajstić information content (AvgIpc) is 2.63. The van der Waals surface area contributed by atoms with Crippen LogP contribution in [0.5, 0.6) is 0 Å². The Morgan fingerprint density at radius 2 is 2.15 bits per heavy atom. The highest BCUT2D eigenvalue weighted by Crippen LogP contribution is 2.25. The number of aromatic nitrogens is 2. The number of nitrogens with one attached hydrogen (secondary N) is 1. The van der Waals surface area contributed by atoms with Gasteiger partial charge in [0.25, 0.3) is 5.56 Å². The van der Waals surface area contributed by atoms with Crippen molar-refractivity contribution in [1.82, 2.24) is 14.9 Å². The lowest BCUT2D eigenvalue weighted by atomic mass is 10.1. The van der Waals surface area contributed by atoms with Gasteiger partial charge in [-0.05, 0) is 37.3 Å². The molecule has 1 unspecified atom stereocenters. The summed E-state index contributed by atoms with van der Waals surface area (Å²) < 4.78 is 15.4. The van der Waals surface area contributed by atoms with Gasteiger partial charge in [0.2, 0.25) is 0 Å². The molecule has 1 atom stereocenters. The van der Waals surface area contributed by atoms with E-state index in [0.717, 1.165) is 10.6 Å². The van der Waals surface area contributed by atoms with Crippen molar-refractivity contribution in [3.8, 4) is 11.8 Å². The predicted octanol–water partition coefficient (Wildman–Crippen LogP) is 3.38. The molecule has 0 saturated heterocycles. The molecule has 2 N–H and O–H groups in total. The number of carboxylic acid groups (broad SMARTS) is 1. The van der Waals surface area contributed by atoms with Crippen molar-refractivity contribution in [2.75, 3.05) is 0 Å². The Kier molecular flexibility index (Phi) is 4.79. The van der Waals surface area contributed by atoms with Crippen molar-refractivity contribution >= 4 is 28.6 Å². The number of nitriles is 1. The fraction of sp³-hybridized carbons (Fsp3) is 0.111. The van der Waals surface area contributed by atoms with Crippen molar-refractivity contribution in [2.24, 2.45) is 0 Å². The maximum atomic E-state index is 14.3. The summed E-state index contributed by atoms with van der Waals surface area (Å²) in [5.74, 6) is -0.792. The van der Waals surface area contributed by atoms with E-state index in [4.69, 9.17) is 22.0 Å². The molecule has 0 fully saturated rings. The molecule has 0 aliphatic heterocycles. The molecule has 0 aliphatic carbocycles. The third-order valence-electron chi connectivity index (χ3n) is 3.91. The van der Waals surface area contributed by atoms with Crippen LogP contribution in [0.4, 0.5) is 9.18 Å². The number of halogens is 2. The van der Waals surface area contributed by atoms with E-state index in [-0.39, 0.29) is 33.0 Å². The summed E-state index contributed by atoms with van der Waals surface area (Å²) in [5, 5.41) is 20.2. The second-order valence-electron chi connectivity index (χ2n) is 5.70. The van der Waals surface area contributed by atoms with E-state index in [1.54, 1.807) is 18.2 Å². The summed E-state index contributed by atoms with van der Waals surface area (Å²) in [7, 11) is 0. The van der Waals surface area contributed by atoms with Crippen molar-refractivity contribution in [3.63, 3.8) is 0 Å². The molecule has 7 nitrogen and oxygen atoms in total. The lowest BCUT2D eigenvalue weighted by Gasteiger charge is -2.19. The highest BCUT2D eigenvalue weighted by Gasteiger charge is 2.22. The first kappa shape index (κ1) is 18.4. The Hall–Kier alpha value is -3.44. The summed E-state index contributed by atoms with van der Waals surface area (Å²) in [6, 6.07) is 9.46. The maximum Gasteiger partial charge on any atom is 0.405 e. The predicted molar refractivity (Wildman–Crippen MR) is 96.6 cm³/mol. The number of fused-ring (bicyclic) bond motifs is 1. The van der Waals surface area contributed by atoms with Crippen LogP contribution in [0.1, 0.15) is 24.4 Å². The van der Waals surface area contributed by atoms with Gasteiger partial charge >= 0.3 is 6.09 Å². The topological polar surface area (TPSA) is 108 Å². The number of benzene rings is 2. The molecule has 0 bridgehead atoms. The molecule has 1 aromatic heterocycles. The standard InChI is InChI=1S/C18H12ClFN4O3/c1-9(22-18(26)27)16-23-15-13(20)6-5-12(19)14(15)17(25)24(16)11-4-2-3-10(7-11)8-21/h2-7,9,22H,1H3,(H,26,27). The van der Waals surface area contributed by atoms with Crippen LogP contribution in [0.25, 0.3) is 16.6 Å². The van der Waals surface area contributed by atoms with Crippen LogP contribution in [0.3, 0.4) is 0 Å². The largest absolute Gasteiger partial charge is 0.465 e. The number of hydrogen-bond donors (Lipinski definition) is 2. The molecule has 1 amide bonds. The lowest BCUT2D eigenvalue weighted by molar-refractivity contribution is 0.190. The molecule has 136 valence electrons. The van der Waals surface area contributed by atoms with Crippen LogP contribution in [-0.4, -0.2) is 20.8 Å². The third-order valence-corrected chi connectivity index (χ3v) is 4.23.